The minimum atomic E-state index is -0.102. The van der Waals surface area contributed by atoms with Gasteiger partial charge in [-0.3, -0.25) is 9.69 Å². The molecule has 0 amide bonds. The summed E-state index contributed by atoms with van der Waals surface area (Å²) in [6, 6.07) is 0.215. The van der Waals surface area contributed by atoms with Crippen LogP contribution in [0, 0.1) is 5.92 Å². The molecule has 5 nitrogen and oxygen atoms in total. The Hall–Kier alpha value is -0.650. The van der Waals surface area contributed by atoms with Gasteiger partial charge in [0, 0.05) is 39.3 Å². The zero-order chi connectivity index (χ0) is 14.3. The van der Waals surface area contributed by atoms with Gasteiger partial charge in [0.25, 0.3) is 0 Å². The molecule has 0 aliphatic carbocycles. The summed E-state index contributed by atoms with van der Waals surface area (Å²) < 4.78 is 10.3. The third-order valence-electron chi connectivity index (χ3n) is 3.77. The molecule has 1 fully saturated rings. The molecule has 1 aliphatic heterocycles. The summed E-state index contributed by atoms with van der Waals surface area (Å²) in [6.45, 7) is 9.25. The first-order valence-corrected chi connectivity index (χ1v) is 7.15. The van der Waals surface area contributed by atoms with Crippen LogP contribution in [0.15, 0.2) is 0 Å². The molecule has 5 heteroatoms. The van der Waals surface area contributed by atoms with Crippen molar-refractivity contribution in [3.05, 3.63) is 0 Å². The molecule has 0 spiro atoms. The van der Waals surface area contributed by atoms with Gasteiger partial charge in [0.05, 0.1) is 19.6 Å². The van der Waals surface area contributed by atoms with Crippen LogP contribution in [0.3, 0.4) is 0 Å². The lowest BCUT2D eigenvalue weighted by molar-refractivity contribution is -0.145. The van der Waals surface area contributed by atoms with Gasteiger partial charge in [0.1, 0.15) is 0 Å². The van der Waals surface area contributed by atoms with E-state index in [4.69, 9.17) is 9.47 Å². The molecule has 0 N–H and O–H groups in total. The van der Waals surface area contributed by atoms with E-state index in [-0.39, 0.29) is 12.0 Å². The summed E-state index contributed by atoms with van der Waals surface area (Å²) in [5.41, 5.74) is 0. The van der Waals surface area contributed by atoms with E-state index in [0.29, 0.717) is 25.6 Å². The Morgan fingerprint density at radius 3 is 2.42 bits per heavy atom. The van der Waals surface area contributed by atoms with Crippen LogP contribution >= 0.6 is 0 Å². The molecular weight excluding hydrogens is 244 g/mol. The minimum absolute atomic E-state index is 0.102. The van der Waals surface area contributed by atoms with Crippen LogP contribution in [0.25, 0.3) is 0 Å². The fourth-order valence-electron chi connectivity index (χ4n) is 2.61. The van der Waals surface area contributed by atoms with E-state index in [1.165, 1.54) is 0 Å². The van der Waals surface area contributed by atoms with E-state index in [1.807, 2.05) is 6.92 Å². The van der Waals surface area contributed by atoms with Gasteiger partial charge in [-0.25, -0.2) is 0 Å². The molecule has 112 valence electrons. The maximum Gasteiger partial charge on any atom is 0.307 e. The molecule has 0 bridgehead atoms. The molecule has 0 aromatic carbocycles. The highest BCUT2D eigenvalue weighted by molar-refractivity contribution is 5.70. The summed E-state index contributed by atoms with van der Waals surface area (Å²) in [5.74, 6) is 0.229. The number of esters is 1. The molecule has 0 radical (unpaired) electrons. The molecule has 1 aliphatic rings. The van der Waals surface area contributed by atoms with Gasteiger partial charge in [-0.15, -0.1) is 0 Å². The molecule has 1 rings (SSSR count). The Morgan fingerprint density at radius 2 is 1.89 bits per heavy atom. The van der Waals surface area contributed by atoms with Crippen LogP contribution in [0.1, 0.15) is 20.3 Å². The topological polar surface area (TPSA) is 42.0 Å². The van der Waals surface area contributed by atoms with Crippen molar-refractivity contribution in [2.75, 3.05) is 53.6 Å². The SMILES string of the molecule is CCOC(=O)CC(C(C)COC)N1CCN(C)CC1. The highest BCUT2D eigenvalue weighted by atomic mass is 16.5. The highest BCUT2D eigenvalue weighted by Crippen LogP contribution is 2.18. The first-order valence-electron chi connectivity index (χ1n) is 7.15. The van der Waals surface area contributed by atoms with Gasteiger partial charge in [-0.2, -0.15) is 0 Å². The number of carbonyl (C=O) groups excluding carboxylic acids is 1. The van der Waals surface area contributed by atoms with Gasteiger partial charge >= 0.3 is 5.97 Å². The lowest BCUT2D eigenvalue weighted by Gasteiger charge is -2.40. The largest absolute Gasteiger partial charge is 0.466 e. The number of nitrogens with zero attached hydrogens (tertiary/aromatic N) is 2. The molecule has 19 heavy (non-hydrogen) atoms. The number of carbonyl (C=O) groups is 1. The number of ether oxygens (including phenoxy) is 2. The second-order valence-electron chi connectivity index (χ2n) is 5.35. The van der Waals surface area contributed by atoms with E-state index in [2.05, 4.69) is 23.8 Å². The number of rotatable bonds is 7. The Labute approximate surface area is 116 Å². The van der Waals surface area contributed by atoms with Gasteiger partial charge < -0.3 is 14.4 Å². The third kappa shape index (κ3) is 5.47. The van der Waals surface area contributed by atoms with Crippen molar-refractivity contribution in [1.29, 1.82) is 0 Å². The van der Waals surface area contributed by atoms with E-state index in [9.17, 15) is 4.79 Å². The first kappa shape index (κ1) is 16.4. The molecule has 1 saturated heterocycles. The van der Waals surface area contributed by atoms with Gasteiger partial charge in [-0.05, 0) is 19.9 Å². The third-order valence-corrected chi connectivity index (χ3v) is 3.77. The lowest BCUT2D eigenvalue weighted by atomic mass is 9.97. The van der Waals surface area contributed by atoms with Gasteiger partial charge in [-0.1, -0.05) is 6.92 Å². The van der Waals surface area contributed by atoms with Crippen molar-refractivity contribution in [2.45, 2.75) is 26.3 Å². The number of hydrogen-bond acceptors (Lipinski definition) is 5. The van der Waals surface area contributed by atoms with E-state index in [0.717, 1.165) is 26.2 Å². The fourth-order valence-corrected chi connectivity index (χ4v) is 2.61. The smallest absolute Gasteiger partial charge is 0.307 e. The molecule has 1 heterocycles. The number of likely N-dealkylation sites (N-methyl/N-ethyl adjacent to an activating group) is 1. The second-order valence-corrected chi connectivity index (χ2v) is 5.35. The van der Waals surface area contributed by atoms with Gasteiger partial charge in [0.15, 0.2) is 0 Å². The zero-order valence-electron chi connectivity index (χ0n) is 12.7. The number of hydrogen-bond donors (Lipinski definition) is 0. The summed E-state index contributed by atoms with van der Waals surface area (Å²) in [6.07, 6.45) is 0.460. The monoisotopic (exact) mass is 272 g/mol. The van der Waals surface area contributed by atoms with E-state index in [1.54, 1.807) is 7.11 Å². The van der Waals surface area contributed by atoms with Crippen LogP contribution in [0.5, 0.6) is 0 Å². The summed E-state index contributed by atoms with van der Waals surface area (Å²) >= 11 is 0. The van der Waals surface area contributed by atoms with Crippen LogP contribution < -0.4 is 0 Å². The zero-order valence-corrected chi connectivity index (χ0v) is 12.7. The van der Waals surface area contributed by atoms with Crippen LogP contribution in [0.4, 0.5) is 0 Å². The molecule has 2 atom stereocenters. The highest BCUT2D eigenvalue weighted by Gasteiger charge is 2.29. The standard InChI is InChI=1S/C14H28N2O3/c1-5-19-14(17)10-13(12(2)11-18-4)16-8-6-15(3)7-9-16/h12-13H,5-11H2,1-4H3. The van der Waals surface area contributed by atoms with Crippen LogP contribution in [-0.2, 0) is 14.3 Å². The summed E-state index contributed by atoms with van der Waals surface area (Å²) in [5, 5.41) is 0. The Morgan fingerprint density at radius 1 is 1.26 bits per heavy atom. The molecule has 0 aromatic rings. The molecule has 2 unspecified atom stereocenters. The predicted octanol–water partition coefficient (Wildman–Crippen LogP) is 0.838. The normalized spacial score (nSPS) is 21.1. The maximum atomic E-state index is 11.8. The Bertz CT molecular complexity index is 265. The van der Waals surface area contributed by atoms with Crippen molar-refractivity contribution in [2.24, 2.45) is 5.92 Å². The van der Waals surface area contributed by atoms with Crippen molar-refractivity contribution < 1.29 is 14.3 Å². The fraction of sp³-hybridized carbons (Fsp3) is 0.929. The van der Waals surface area contributed by atoms with Crippen molar-refractivity contribution >= 4 is 5.97 Å². The quantitative estimate of drug-likeness (QED) is 0.642. The van der Waals surface area contributed by atoms with Gasteiger partial charge in [0.2, 0.25) is 0 Å². The van der Waals surface area contributed by atoms with Crippen molar-refractivity contribution in [1.82, 2.24) is 9.80 Å². The molecular formula is C14H28N2O3. The number of methoxy groups -OCH3 is 1. The van der Waals surface area contributed by atoms with Crippen LogP contribution in [0.2, 0.25) is 0 Å². The summed E-state index contributed by atoms with van der Waals surface area (Å²) in [4.78, 5) is 16.5. The van der Waals surface area contributed by atoms with Crippen molar-refractivity contribution in [3.63, 3.8) is 0 Å². The Kier molecular flexibility index (Phi) is 7.34. The van der Waals surface area contributed by atoms with E-state index < -0.39 is 0 Å². The maximum absolute atomic E-state index is 11.8. The Balaban J connectivity index is 2.60. The molecule has 0 aromatic heterocycles. The summed E-state index contributed by atoms with van der Waals surface area (Å²) in [7, 11) is 3.85. The average molecular weight is 272 g/mol. The predicted molar refractivity (Wildman–Crippen MR) is 75.1 cm³/mol. The van der Waals surface area contributed by atoms with Crippen molar-refractivity contribution in [3.8, 4) is 0 Å². The molecule has 0 saturated carbocycles. The van der Waals surface area contributed by atoms with Crippen LogP contribution in [-0.4, -0.2) is 75.4 Å². The number of piperazine rings is 1. The van der Waals surface area contributed by atoms with E-state index >= 15 is 0 Å². The first-order chi connectivity index (χ1) is 9.08. The minimum Gasteiger partial charge on any atom is -0.466 e. The lowest BCUT2D eigenvalue weighted by Crippen LogP contribution is -2.52. The average Bonchev–Trinajstić information content (AvgIpc) is 2.38. The second kappa shape index (κ2) is 8.51.